The molecule has 26 heavy (non-hydrogen) atoms. The van der Waals surface area contributed by atoms with E-state index in [4.69, 9.17) is 5.84 Å². The van der Waals surface area contributed by atoms with Crippen LogP contribution in [-0.2, 0) is 10.5 Å². The van der Waals surface area contributed by atoms with Gasteiger partial charge in [-0.05, 0) is 18.4 Å². The van der Waals surface area contributed by atoms with Crippen molar-refractivity contribution in [2.45, 2.75) is 48.2 Å². The third-order valence-electron chi connectivity index (χ3n) is 4.38. The zero-order valence-corrected chi connectivity index (χ0v) is 16.5. The van der Waals surface area contributed by atoms with Crippen molar-refractivity contribution in [2.24, 2.45) is 0 Å². The van der Waals surface area contributed by atoms with Crippen LogP contribution in [0.1, 0.15) is 37.7 Å². The molecule has 6 nitrogen and oxygen atoms in total. The van der Waals surface area contributed by atoms with Gasteiger partial charge in [0.05, 0.1) is 5.75 Å². The van der Waals surface area contributed by atoms with Crippen LogP contribution in [0.3, 0.4) is 0 Å². The molecule has 1 aliphatic heterocycles. The van der Waals surface area contributed by atoms with Gasteiger partial charge in [0.25, 0.3) is 0 Å². The molecule has 0 aliphatic carbocycles. The van der Waals surface area contributed by atoms with E-state index in [2.05, 4.69) is 22.3 Å². The van der Waals surface area contributed by atoms with Crippen LogP contribution in [0, 0.1) is 0 Å². The molecule has 0 spiro atoms. The van der Waals surface area contributed by atoms with Crippen LogP contribution in [0.5, 0.6) is 0 Å². The summed E-state index contributed by atoms with van der Waals surface area (Å²) in [5.41, 5.74) is 1.21. The van der Waals surface area contributed by atoms with E-state index in [1.807, 2.05) is 23.1 Å². The lowest BCUT2D eigenvalue weighted by Gasteiger charge is -2.24. The van der Waals surface area contributed by atoms with Crippen molar-refractivity contribution >= 4 is 29.4 Å². The van der Waals surface area contributed by atoms with Crippen molar-refractivity contribution in [2.75, 3.05) is 24.7 Å². The number of carbonyl (C=O) groups excluding carboxylic acids is 1. The molecule has 0 radical (unpaired) electrons. The molecule has 1 saturated heterocycles. The fraction of sp³-hybridized carbons (Fsp3) is 0.500. The van der Waals surface area contributed by atoms with Crippen LogP contribution in [0.4, 0.5) is 0 Å². The number of hydrogen-bond acceptors (Lipinski definition) is 6. The molecule has 2 aromatic rings. The minimum absolute atomic E-state index is 0.165. The second kappa shape index (κ2) is 9.87. The van der Waals surface area contributed by atoms with E-state index in [9.17, 15) is 4.79 Å². The third-order valence-corrected chi connectivity index (χ3v) is 6.32. The lowest BCUT2D eigenvalue weighted by atomic mass is 10.1. The number of nitrogen functional groups attached to an aromatic ring is 1. The second-order valence-corrected chi connectivity index (χ2v) is 8.23. The molecule has 8 heteroatoms. The average molecular weight is 392 g/mol. The normalized spacial score (nSPS) is 15.5. The number of thioether (sulfide) groups is 2. The largest absolute Gasteiger partial charge is 0.342 e. The molecule has 0 bridgehead atoms. The number of nitrogens with zero attached hydrogens (tertiary/aromatic N) is 4. The number of hydrogen-bond donors (Lipinski definition) is 1. The van der Waals surface area contributed by atoms with Crippen molar-refractivity contribution in [3.8, 4) is 0 Å². The van der Waals surface area contributed by atoms with E-state index < -0.39 is 0 Å². The summed E-state index contributed by atoms with van der Waals surface area (Å²) in [4.78, 5) is 14.4. The third kappa shape index (κ3) is 5.41. The Hall–Kier alpha value is -1.67. The molecule has 2 heterocycles. The van der Waals surface area contributed by atoms with Gasteiger partial charge < -0.3 is 10.7 Å². The van der Waals surface area contributed by atoms with Crippen LogP contribution >= 0.6 is 23.5 Å². The van der Waals surface area contributed by atoms with Gasteiger partial charge in [0.1, 0.15) is 0 Å². The molecule has 1 aromatic carbocycles. The van der Waals surface area contributed by atoms with E-state index in [-0.39, 0.29) is 5.91 Å². The number of amides is 1. The Balaban J connectivity index is 1.50. The minimum atomic E-state index is 0.165. The first-order valence-electron chi connectivity index (χ1n) is 9.02. The maximum atomic E-state index is 12.5. The first kappa shape index (κ1) is 19.1. The van der Waals surface area contributed by atoms with Crippen molar-refractivity contribution in [1.82, 2.24) is 19.8 Å². The van der Waals surface area contributed by atoms with E-state index in [0.29, 0.717) is 16.1 Å². The van der Waals surface area contributed by atoms with E-state index in [0.717, 1.165) is 31.7 Å². The summed E-state index contributed by atoms with van der Waals surface area (Å²) in [6.45, 7) is 1.74. The number of nitrogens with two attached hydrogens (primary N) is 1. The molecule has 3 rings (SSSR count). The number of benzene rings is 1. The molecular formula is C18H25N5OS2. The van der Waals surface area contributed by atoms with Gasteiger partial charge in [-0.25, -0.2) is 4.68 Å². The number of carbonyl (C=O) groups is 1. The Morgan fingerprint density at radius 2 is 1.58 bits per heavy atom. The second-order valence-electron chi connectivity index (χ2n) is 6.35. The first-order chi connectivity index (χ1) is 12.7. The highest BCUT2D eigenvalue weighted by atomic mass is 32.2. The summed E-state index contributed by atoms with van der Waals surface area (Å²) >= 11 is 2.91. The topological polar surface area (TPSA) is 77.0 Å². The molecule has 0 atom stereocenters. The lowest BCUT2D eigenvalue weighted by Crippen LogP contribution is -2.35. The number of likely N-dealkylation sites (tertiary alicyclic amines) is 1. The van der Waals surface area contributed by atoms with Gasteiger partial charge in [0.2, 0.25) is 16.2 Å². The van der Waals surface area contributed by atoms with Crippen molar-refractivity contribution in [3.63, 3.8) is 0 Å². The minimum Gasteiger partial charge on any atom is -0.342 e. The summed E-state index contributed by atoms with van der Waals surface area (Å²) < 4.78 is 1.49. The molecule has 140 valence electrons. The predicted octanol–water partition coefficient (Wildman–Crippen LogP) is 3.17. The standard InChI is InChI=1S/C18H25N5OS2/c19-23-17(25-13-15-9-5-4-6-10-15)20-21-18(23)26-14-16(24)22-11-7-2-1-3-8-12-22/h4-6,9-10H,1-3,7-8,11-14,19H2. The highest BCUT2D eigenvalue weighted by Gasteiger charge is 2.17. The Bertz CT molecular complexity index is 699. The lowest BCUT2D eigenvalue weighted by molar-refractivity contribution is -0.128. The van der Waals surface area contributed by atoms with Crippen LogP contribution in [0.25, 0.3) is 0 Å². The maximum absolute atomic E-state index is 12.5. The molecule has 1 aromatic heterocycles. The Kier molecular flexibility index (Phi) is 7.25. The van der Waals surface area contributed by atoms with Crippen LogP contribution < -0.4 is 5.84 Å². The smallest absolute Gasteiger partial charge is 0.233 e. The summed E-state index contributed by atoms with van der Waals surface area (Å²) in [6, 6.07) is 10.2. The van der Waals surface area contributed by atoms with Crippen molar-refractivity contribution < 1.29 is 4.79 Å². The predicted molar refractivity (Wildman–Crippen MR) is 107 cm³/mol. The summed E-state index contributed by atoms with van der Waals surface area (Å²) in [7, 11) is 0. The summed E-state index contributed by atoms with van der Waals surface area (Å²) in [5, 5.41) is 9.54. The fourth-order valence-electron chi connectivity index (χ4n) is 2.90. The molecule has 2 N–H and O–H groups in total. The maximum Gasteiger partial charge on any atom is 0.233 e. The highest BCUT2D eigenvalue weighted by Crippen LogP contribution is 2.24. The van der Waals surface area contributed by atoms with E-state index >= 15 is 0 Å². The molecule has 1 aliphatic rings. The molecular weight excluding hydrogens is 366 g/mol. The van der Waals surface area contributed by atoms with Crippen LogP contribution in [0.2, 0.25) is 0 Å². The van der Waals surface area contributed by atoms with E-state index in [1.54, 1.807) is 11.8 Å². The van der Waals surface area contributed by atoms with Gasteiger partial charge in [0.15, 0.2) is 0 Å². The Labute approximate surface area is 162 Å². The van der Waals surface area contributed by atoms with Crippen LogP contribution in [-0.4, -0.2) is 44.5 Å². The fourth-order valence-corrected chi connectivity index (χ4v) is 4.53. The molecule has 1 fully saturated rings. The first-order valence-corrected chi connectivity index (χ1v) is 11.0. The van der Waals surface area contributed by atoms with Gasteiger partial charge in [0, 0.05) is 18.8 Å². The van der Waals surface area contributed by atoms with Gasteiger partial charge in [-0.2, -0.15) is 0 Å². The summed E-state index contributed by atoms with van der Waals surface area (Å²) in [6.07, 6.45) is 5.93. The van der Waals surface area contributed by atoms with Crippen molar-refractivity contribution in [1.29, 1.82) is 0 Å². The number of rotatable bonds is 6. The average Bonchev–Trinajstić information content (AvgIpc) is 2.98. The van der Waals surface area contributed by atoms with Crippen LogP contribution in [0.15, 0.2) is 40.6 Å². The Morgan fingerprint density at radius 1 is 0.962 bits per heavy atom. The Morgan fingerprint density at radius 3 is 2.27 bits per heavy atom. The van der Waals surface area contributed by atoms with Gasteiger partial charge >= 0.3 is 0 Å². The van der Waals surface area contributed by atoms with E-state index in [1.165, 1.54) is 41.3 Å². The zero-order valence-electron chi connectivity index (χ0n) is 14.8. The number of aromatic nitrogens is 3. The van der Waals surface area contributed by atoms with Gasteiger partial charge in [-0.15, -0.1) is 10.2 Å². The quantitative estimate of drug-likeness (QED) is 0.602. The zero-order chi connectivity index (χ0) is 18.2. The monoisotopic (exact) mass is 391 g/mol. The molecule has 0 unspecified atom stereocenters. The van der Waals surface area contributed by atoms with Gasteiger partial charge in [-0.3, -0.25) is 4.79 Å². The summed E-state index contributed by atoms with van der Waals surface area (Å²) in [5.74, 6) is 7.41. The SMILES string of the molecule is Nn1c(SCC(=O)N2CCCCCCC2)nnc1SCc1ccccc1. The molecule has 1 amide bonds. The van der Waals surface area contributed by atoms with Gasteiger partial charge in [-0.1, -0.05) is 73.1 Å². The van der Waals surface area contributed by atoms with Crippen molar-refractivity contribution in [3.05, 3.63) is 35.9 Å². The molecule has 0 saturated carbocycles. The highest BCUT2D eigenvalue weighted by molar-refractivity contribution is 8.00.